The molecule has 3 rings (SSSR count). The van der Waals surface area contributed by atoms with Crippen molar-refractivity contribution in [3.05, 3.63) is 59.1 Å². The van der Waals surface area contributed by atoms with Gasteiger partial charge in [-0.25, -0.2) is 0 Å². The number of thioether (sulfide) groups is 1. The number of fused-ring (bicyclic) bond motifs is 1. The van der Waals surface area contributed by atoms with Gasteiger partial charge < -0.3 is 10.6 Å². The Labute approximate surface area is 150 Å². The maximum atomic E-state index is 12.3. The van der Waals surface area contributed by atoms with Crippen LogP contribution < -0.4 is 10.6 Å². The summed E-state index contributed by atoms with van der Waals surface area (Å²) < 4.78 is 0. The predicted molar refractivity (Wildman–Crippen MR) is 97.3 cm³/mol. The van der Waals surface area contributed by atoms with Gasteiger partial charge >= 0.3 is 0 Å². The van der Waals surface area contributed by atoms with E-state index in [9.17, 15) is 9.59 Å². The van der Waals surface area contributed by atoms with Crippen LogP contribution in [0.25, 0.3) is 0 Å². The lowest BCUT2D eigenvalue weighted by molar-refractivity contribution is -0.124. The quantitative estimate of drug-likeness (QED) is 0.865. The van der Waals surface area contributed by atoms with Gasteiger partial charge in [0.25, 0.3) is 0 Å². The molecular weight excluding hydrogens is 344 g/mol. The van der Waals surface area contributed by atoms with Crippen molar-refractivity contribution in [3.8, 4) is 0 Å². The molecule has 0 fully saturated rings. The summed E-state index contributed by atoms with van der Waals surface area (Å²) in [6.45, 7) is 1.91. The molecule has 2 aromatic rings. The molecule has 124 valence electrons. The molecule has 1 aliphatic heterocycles. The van der Waals surface area contributed by atoms with E-state index < -0.39 is 5.25 Å². The molecule has 24 heavy (non-hydrogen) atoms. The van der Waals surface area contributed by atoms with Gasteiger partial charge in [0.1, 0.15) is 0 Å². The van der Waals surface area contributed by atoms with Gasteiger partial charge in [0, 0.05) is 16.3 Å². The van der Waals surface area contributed by atoms with Gasteiger partial charge in [0.15, 0.2) is 0 Å². The van der Waals surface area contributed by atoms with Crippen molar-refractivity contribution < 1.29 is 9.59 Å². The minimum atomic E-state index is -0.419. The van der Waals surface area contributed by atoms with Crippen LogP contribution in [-0.2, 0) is 9.59 Å². The number of rotatable bonds is 4. The van der Waals surface area contributed by atoms with Gasteiger partial charge in [0.05, 0.1) is 17.0 Å². The second kappa shape index (κ2) is 7.28. The third-order valence-electron chi connectivity index (χ3n) is 3.82. The Balaban J connectivity index is 1.61. The lowest BCUT2D eigenvalue weighted by Gasteiger charge is -2.24. The lowest BCUT2D eigenvalue weighted by Crippen LogP contribution is -2.35. The minimum absolute atomic E-state index is 0.131. The second-order valence-corrected chi connectivity index (χ2v) is 7.32. The Morgan fingerprint density at radius 1 is 1.25 bits per heavy atom. The number of halogens is 1. The van der Waals surface area contributed by atoms with Crippen molar-refractivity contribution >= 4 is 40.9 Å². The zero-order valence-corrected chi connectivity index (χ0v) is 14.7. The van der Waals surface area contributed by atoms with Crippen molar-refractivity contribution in [2.45, 2.75) is 29.5 Å². The van der Waals surface area contributed by atoms with Crippen LogP contribution in [0.1, 0.15) is 24.9 Å². The molecular formula is C18H17ClN2O2S. The fourth-order valence-corrected chi connectivity index (χ4v) is 3.77. The highest BCUT2D eigenvalue weighted by Gasteiger charge is 2.29. The first-order chi connectivity index (χ1) is 11.5. The minimum Gasteiger partial charge on any atom is -0.350 e. The van der Waals surface area contributed by atoms with E-state index in [1.165, 1.54) is 11.8 Å². The lowest BCUT2D eigenvalue weighted by atomic mass is 10.1. The van der Waals surface area contributed by atoms with Gasteiger partial charge in [-0.1, -0.05) is 35.9 Å². The van der Waals surface area contributed by atoms with E-state index in [1.54, 1.807) is 12.1 Å². The summed E-state index contributed by atoms with van der Waals surface area (Å²) in [5, 5.41) is 6.02. The van der Waals surface area contributed by atoms with Crippen LogP contribution in [0, 0.1) is 0 Å². The van der Waals surface area contributed by atoms with Gasteiger partial charge in [0.2, 0.25) is 11.8 Å². The first kappa shape index (κ1) is 16.9. The van der Waals surface area contributed by atoms with Crippen molar-refractivity contribution in [2.75, 3.05) is 5.32 Å². The van der Waals surface area contributed by atoms with Gasteiger partial charge in [-0.3, -0.25) is 9.59 Å². The summed E-state index contributed by atoms with van der Waals surface area (Å²) in [6, 6.07) is 14.8. The van der Waals surface area contributed by atoms with Gasteiger partial charge in [-0.05, 0) is 36.8 Å². The Bertz CT molecular complexity index is 764. The highest BCUT2D eigenvalue weighted by Crippen LogP contribution is 2.36. The number of carbonyl (C=O) groups is 2. The van der Waals surface area contributed by atoms with Crippen molar-refractivity contribution in [3.63, 3.8) is 0 Å². The first-order valence-corrected chi connectivity index (χ1v) is 8.90. The standard InChI is InChI=1S/C18H17ClN2O2S/c1-11(12-6-8-13(19)9-7-12)20-17(22)10-16-18(23)21-14-4-2-3-5-15(14)24-16/h2-9,11,16H,10H2,1H3,(H,20,22)(H,21,23)/t11-,16+/m0/s1. The van der Waals surface area contributed by atoms with Crippen molar-refractivity contribution in [1.82, 2.24) is 5.32 Å². The van der Waals surface area contributed by atoms with Gasteiger partial charge in [-0.2, -0.15) is 0 Å². The highest BCUT2D eigenvalue weighted by molar-refractivity contribution is 8.01. The van der Waals surface area contributed by atoms with E-state index in [1.807, 2.05) is 43.3 Å². The van der Waals surface area contributed by atoms with E-state index in [0.29, 0.717) is 5.02 Å². The molecule has 0 aliphatic carbocycles. The molecule has 0 bridgehead atoms. The van der Waals surface area contributed by atoms with Crippen molar-refractivity contribution in [1.29, 1.82) is 0 Å². The van der Waals surface area contributed by atoms with Crippen LogP contribution >= 0.6 is 23.4 Å². The molecule has 1 aliphatic rings. The van der Waals surface area contributed by atoms with Crippen LogP contribution in [0.5, 0.6) is 0 Å². The molecule has 2 N–H and O–H groups in total. The van der Waals surface area contributed by atoms with E-state index in [-0.39, 0.29) is 24.3 Å². The number of nitrogens with one attached hydrogen (secondary N) is 2. The van der Waals surface area contributed by atoms with E-state index in [0.717, 1.165) is 16.1 Å². The normalized spacial score (nSPS) is 17.6. The Morgan fingerprint density at radius 3 is 2.71 bits per heavy atom. The number of hydrogen-bond donors (Lipinski definition) is 2. The van der Waals surface area contributed by atoms with Crippen molar-refractivity contribution in [2.24, 2.45) is 0 Å². The van der Waals surface area contributed by atoms with Crippen LogP contribution in [-0.4, -0.2) is 17.1 Å². The third kappa shape index (κ3) is 3.91. The Hall–Kier alpha value is -1.98. The Morgan fingerprint density at radius 2 is 1.96 bits per heavy atom. The fourth-order valence-electron chi connectivity index (χ4n) is 2.53. The van der Waals surface area contributed by atoms with E-state index in [4.69, 9.17) is 11.6 Å². The Kier molecular flexibility index (Phi) is 5.11. The summed E-state index contributed by atoms with van der Waals surface area (Å²) in [5.74, 6) is -0.280. The first-order valence-electron chi connectivity index (χ1n) is 7.64. The highest BCUT2D eigenvalue weighted by atomic mass is 35.5. The molecule has 2 amide bonds. The second-order valence-electron chi connectivity index (χ2n) is 5.64. The summed E-state index contributed by atoms with van der Waals surface area (Å²) in [4.78, 5) is 25.4. The number of carbonyl (C=O) groups excluding carboxylic acids is 2. The predicted octanol–water partition coefficient (Wildman–Crippen LogP) is 4.02. The molecule has 0 radical (unpaired) electrons. The van der Waals surface area contributed by atoms with Crippen LogP contribution in [0.2, 0.25) is 5.02 Å². The largest absolute Gasteiger partial charge is 0.350 e. The average Bonchev–Trinajstić information content (AvgIpc) is 2.56. The van der Waals surface area contributed by atoms with Crippen LogP contribution in [0.4, 0.5) is 5.69 Å². The zero-order chi connectivity index (χ0) is 17.1. The zero-order valence-electron chi connectivity index (χ0n) is 13.1. The molecule has 0 saturated heterocycles. The topological polar surface area (TPSA) is 58.2 Å². The monoisotopic (exact) mass is 360 g/mol. The molecule has 4 nitrogen and oxygen atoms in total. The number of anilines is 1. The number of para-hydroxylation sites is 1. The molecule has 6 heteroatoms. The van der Waals surface area contributed by atoms with E-state index in [2.05, 4.69) is 10.6 Å². The number of hydrogen-bond acceptors (Lipinski definition) is 3. The third-order valence-corrected chi connectivity index (χ3v) is 5.35. The summed E-state index contributed by atoms with van der Waals surface area (Å²) in [5.41, 5.74) is 1.78. The number of benzene rings is 2. The molecule has 0 unspecified atom stereocenters. The SMILES string of the molecule is C[C@H](NC(=O)C[C@H]1Sc2ccccc2NC1=O)c1ccc(Cl)cc1. The molecule has 2 atom stereocenters. The summed E-state index contributed by atoms with van der Waals surface area (Å²) >= 11 is 7.30. The van der Waals surface area contributed by atoms with Crippen LogP contribution in [0.3, 0.4) is 0 Å². The van der Waals surface area contributed by atoms with Gasteiger partial charge in [-0.15, -0.1) is 11.8 Å². The van der Waals surface area contributed by atoms with Crippen LogP contribution in [0.15, 0.2) is 53.4 Å². The molecule has 0 spiro atoms. The maximum absolute atomic E-state index is 12.3. The molecule has 1 heterocycles. The number of amides is 2. The summed E-state index contributed by atoms with van der Waals surface area (Å²) in [6.07, 6.45) is 0.142. The molecule has 0 saturated carbocycles. The van der Waals surface area contributed by atoms with E-state index >= 15 is 0 Å². The fraction of sp³-hybridized carbons (Fsp3) is 0.222. The smallest absolute Gasteiger partial charge is 0.238 e. The average molecular weight is 361 g/mol. The molecule has 2 aromatic carbocycles. The summed E-state index contributed by atoms with van der Waals surface area (Å²) in [7, 11) is 0. The molecule has 0 aromatic heterocycles. The maximum Gasteiger partial charge on any atom is 0.238 e.